The van der Waals surface area contributed by atoms with Crippen LogP contribution in [-0.2, 0) is 5.92 Å². The lowest BCUT2D eigenvalue weighted by atomic mass is 10.0. The van der Waals surface area contributed by atoms with Crippen LogP contribution in [0.4, 0.5) is 8.78 Å². The number of imidazole rings is 1. The fourth-order valence-electron chi connectivity index (χ4n) is 2.17. The summed E-state index contributed by atoms with van der Waals surface area (Å²) in [5.41, 5.74) is 1.74. The number of alkyl halides is 2. The molecule has 1 heterocycles. The first-order valence-corrected chi connectivity index (χ1v) is 5.06. The van der Waals surface area contributed by atoms with Crippen molar-refractivity contribution in [3.63, 3.8) is 0 Å². The van der Waals surface area contributed by atoms with Gasteiger partial charge in [-0.05, 0) is 19.9 Å². The molecule has 0 bridgehead atoms. The van der Waals surface area contributed by atoms with Crippen LogP contribution in [0, 0.1) is 13.8 Å². The van der Waals surface area contributed by atoms with Gasteiger partial charge in [-0.15, -0.1) is 0 Å². The summed E-state index contributed by atoms with van der Waals surface area (Å²) < 4.78 is 28.1. The van der Waals surface area contributed by atoms with Crippen LogP contribution in [0.1, 0.15) is 22.6 Å². The molecule has 1 aliphatic carbocycles. The van der Waals surface area contributed by atoms with Crippen molar-refractivity contribution in [2.45, 2.75) is 19.8 Å². The molecule has 0 radical (unpaired) electrons. The number of benzene rings is 1. The summed E-state index contributed by atoms with van der Waals surface area (Å²) in [6.07, 6.45) is 0. The third kappa shape index (κ3) is 1.01. The Hall–Kier alpha value is -1.71. The van der Waals surface area contributed by atoms with Gasteiger partial charge in [0, 0.05) is 11.1 Å². The van der Waals surface area contributed by atoms with Gasteiger partial charge in [0.25, 0.3) is 0 Å². The average Bonchev–Trinajstić information content (AvgIpc) is 2.67. The normalized spacial score (nSPS) is 16.0. The third-order valence-electron chi connectivity index (χ3n) is 2.90. The Kier molecular flexibility index (Phi) is 1.60. The topological polar surface area (TPSA) is 28.7 Å². The number of rotatable bonds is 0. The lowest BCUT2D eigenvalue weighted by Gasteiger charge is -2.11. The van der Waals surface area contributed by atoms with Gasteiger partial charge in [0.1, 0.15) is 11.5 Å². The Morgan fingerprint density at radius 3 is 2.75 bits per heavy atom. The molecule has 0 saturated heterocycles. The van der Waals surface area contributed by atoms with E-state index in [2.05, 4.69) is 9.97 Å². The smallest absolute Gasteiger partial charge is 0.315 e. The number of nitrogens with zero attached hydrogens (tertiary/aromatic N) is 1. The molecule has 0 unspecified atom stereocenters. The summed E-state index contributed by atoms with van der Waals surface area (Å²) in [4.78, 5) is 6.77. The molecule has 4 heteroatoms. The summed E-state index contributed by atoms with van der Waals surface area (Å²) in [7, 11) is 0. The van der Waals surface area contributed by atoms with Gasteiger partial charge in [-0.2, -0.15) is 8.78 Å². The van der Waals surface area contributed by atoms with Crippen LogP contribution >= 0.6 is 0 Å². The van der Waals surface area contributed by atoms with Crippen LogP contribution in [0.25, 0.3) is 11.3 Å². The minimum atomic E-state index is -2.95. The quantitative estimate of drug-likeness (QED) is 0.725. The predicted octanol–water partition coefficient (Wildman–Crippen LogP) is 3.15. The van der Waals surface area contributed by atoms with Gasteiger partial charge >= 0.3 is 5.92 Å². The second kappa shape index (κ2) is 2.70. The van der Waals surface area contributed by atoms with Gasteiger partial charge in [0.05, 0.1) is 5.69 Å². The predicted molar refractivity (Wildman–Crippen MR) is 56.5 cm³/mol. The number of aromatic amines is 1. The fraction of sp³-hybridized carbons (Fsp3) is 0.250. The number of hydrogen-bond acceptors (Lipinski definition) is 1. The molecule has 0 aliphatic heterocycles. The lowest BCUT2D eigenvalue weighted by Crippen LogP contribution is -2.12. The van der Waals surface area contributed by atoms with E-state index in [1.165, 1.54) is 6.07 Å². The van der Waals surface area contributed by atoms with Gasteiger partial charge in [-0.1, -0.05) is 17.7 Å². The molecule has 82 valence electrons. The zero-order valence-corrected chi connectivity index (χ0v) is 8.94. The summed E-state index contributed by atoms with van der Waals surface area (Å²) in [6.45, 7) is 3.49. The molecule has 0 fully saturated rings. The van der Waals surface area contributed by atoms with Gasteiger partial charge in [-0.3, -0.25) is 0 Å². The zero-order valence-electron chi connectivity index (χ0n) is 8.94. The highest BCUT2D eigenvalue weighted by Crippen LogP contribution is 2.49. The first-order valence-electron chi connectivity index (χ1n) is 5.06. The highest BCUT2D eigenvalue weighted by molar-refractivity contribution is 5.75. The second-order valence-corrected chi connectivity index (χ2v) is 4.17. The summed E-state index contributed by atoms with van der Waals surface area (Å²) >= 11 is 0. The summed E-state index contributed by atoms with van der Waals surface area (Å²) in [5.74, 6) is -2.42. The van der Waals surface area contributed by atoms with Crippen molar-refractivity contribution in [1.82, 2.24) is 9.97 Å². The maximum Gasteiger partial charge on any atom is 0.315 e. The summed E-state index contributed by atoms with van der Waals surface area (Å²) in [5, 5.41) is 0. The molecular weight excluding hydrogens is 210 g/mol. The first-order chi connectivity index (χ1) is 7.50. The number of aromatic nitrogens is 2. The van der Waals surface area contributed by atoms with Crippen LogP contribution in [0.2, 0.25) is 0 Å². The molecule has 3 rings (SSSR count). The first kappa shape index (κ1) is 9.51. The number of hydrogen-bond donors (Lipinski definition) is 1. The van der Waals surface area contributed by atoms with Crippen molar-refractivity contribution in [1.29, 1.82) is 0 Å². The fourth-order valence-corrected chi connectivity index (χ4v) is 2.17. The Bertz CT molecular complexity index is 585. The van der Waals surface area contributed by atoms with E-state index >= 15 is 0 Å². The van der Waals surface area contributed by atoms with E-state index in [1.807, 2.05) is 13.0 Å². The van der Waals surface area contributed by atoms with Crippen LogP contribution < -0.4 is 0 Å². The number of aryl methyl sites for hydroxylation is 2. The van der Waals surface area contributed by atoms with Crippen molar-refractivity contribution >= 4 is 0 Å². The number of halogens is 2. The number of fused-ring (bicyclic) bond motifs is 3. The molecule has 1 N–H and O–H groups in total. The molecule has 2 nitrogen and oxygen atoms in total. The van der Waals surface area contributed by atoms with Crippen LogP contribution in [0.3, 0.4) is 0 Å². The molecule has 0 amide bonds. The van der Waals surface area contributed by atoms with Gasteiger partial charge in [-0.25, -0.2) is 4.98 Å². The Morgan fingerprint density at radius 1 is 1.25 bits per heavy atom. The highest BCUT2D eigenvalue weighted by Gasteiger charge is 2.47. The maximum absolute atomic E-state index is 14.1. The molecule has 2 aromatic rings. The molecule has 1 aromatic carbocycles. The molecule has 1 aromatic heterocycles. The average molecular weight is 220 g/mol. The minimum Gasteiger partial charge on any atom is -0.340 e. The molecule has 1 aliphatic rings. The van der Waals surface area contributed by atoms with Crippen molar-refractivity contribution in [2.24, 2.45) is 0 Å². The van der Waals surface area contributed by atoms with E-state index in [1.54, 1.807) is 13.0 Å². The van der Waals surface area contributed by atoms with Crippen LogP contribution in [0.5, 0.6) is 0 Å². The van der Waals surface area contributed by atoms with E-state index in [4.69, 9.17) is 0 Å². The van der Waals surface area contributed by atoms with Gasteiger partial charge in [0.2, 0.25) is 0 Å². The molecular formula is C12H10F2N2. The van der Waals surface area contributed by atoms with E-state index in [-0.39, 0.29) is 11.3 Å². The van der Waals surface area contributed by atoms with E-state index in [0.29, 0.717) is 17.1 Å². The molecule has 0 spiro atoms. The second-order valence-electron chi connectivity index (χ2n) is 4.17. The van der Waals surface area contributed by atoms with Crippen molar-refractivity contribution in [3.8, 4) is 11.3 Å². The van der Waals surface area contributed by atoms with E-state index < -0.39 is 5.92 Å². The zero-order chi connectivity index (χ0) is 11.5. The van der Waals surface area contributed by atoms with Gasteiger partial charge < -0.3 is 4.98 Å². The van der Waals surface area contributed by atoms with Crippen molar-refractivity contribution < 1.29 is 8.78 Å². The van der Waals surface area contributed by atoms with Crippen LogP contribution in [0.15, 0.2) is 18.2 Å². The standard InChI is InChI=1S/C12H10F2N2/c1-6-3-4-8-9(5-6)12(13,14)11-10(8)15-7(2)16-11/h3-5H,1-2H3,(H,15,16). The molecule has 0 atom stereocenters. The number of nitrogens with one attached hydrogen (secondary N) is 1. The van der Waals surface area contributed by atoms with Crippen molar-refractivity contribution in [2.75, 3.05) is 0 Å². The Balaban J connectivity index is 2.37. The number of H-pyrrole nitrogens is 1. The highest BCUT2D eigenvalue weighted by atomic mass is 19.3. The largest absolute Gasteiger partial charge is 0.340 e. The van der Waals surface area contributed by atoms with Gasteiger partial charge in [0.15, 0.2) is 0 Å². The molecule has 0 saturated carbocycles. The maximum atomic E-state index is 14.1. The summed E-state index contributed by atoms with van der Waals surface area (Å²) in [6, 6.07) is 5.07. The SMILES string of the molecule is Cc1ccc2c(c1)C(F)(F)c1[nH]c(C)nc1-2. The lowest BCUT2D eigenvalue weighted by molar-refractivity contribution is 0.0435. The van der Waals surface area contributed by atoms with E-state index in [9.17, 15) is 8.78 Å². The Morgan fingerprint density at radius 2 is 2.00 bits per heavy atom. The Labute approximate surface area is 91.3 Å². The monoisotopic (exact) mass is 220 g/mol. The minimum absolute atomic E-state index is 0.0567. The van der Waals surface area contributed by atoms with Crippen molar-refractivity contribution in [3.05, 3.63) is 40.8 Å². The third-order valence-corrected chi connectivity index (χ3v) is 2.90. The molecule has 16 heavy (non-hydrogen) atoms. The van der Waals surface area contributed by atoms with E-state index in [0.717, 1.165) is 5.56 Å². The van der Waals surface area contributed by atoms with Crippen LogP contribution in [-0.4, -0.2) is 9.97 Å².